The number of carbonyl (C=O) groups excluding carboxylic acids is 4. The molecule has 1 aromatic rings. The minimum Gasteiger partial charge on any atom is -0.300 e. The molecule has 0 bridgehead atoms. The van der Waals surface area contributed by atoms with Gasteiger partial charge in [-0.1, -0.05) is 78.3 Å². The zero-order valence-electron chi connectivity index (χ0n) is 20.5. The van der Waals surface area contributed by atoms with E-state index in [9.17, 15) is 19.2 Å². The Morgan fingerprint density at radius 3 is 1.63 bits per heavy atom. The van der Waals surface area contributed by atoms with Gasteiger partial charge >= 0.3 is 0 Å². The van der Waals surface area contributed by atoms with E-state index in [1.54, 1.807) is 13.8 Å². The number of benzene rings is 1. The first-order valence-electron chi connectivity index (χ1n) is 10.9. The van der Waals surface area contributed by atoms with Crippen LogP contribution >= 0.6 is 0 Å². The lowest BCUT2D eigenvalue weighted by Gasteiger charge is -2.12. The van der Waals surface area contributed by atoms with Crippen molar-refractivity contribution >= 4 is 23.1 Å². The summed E-state index contributed by atoms with van der Waals surface area (Å²) in [6.45, 7) is 16.6. The first kappa shape index (κ1) is 30.1. The van der Waals surface area contributed by atoms with E-state index in [1.807, 2.05) is 58.0 Å². The van der Waals surface area contributed by atoms with Crippen molar-refractivity contribution in [1.82, 2.24) is 0 Å². The molecule has 4 nitrogen and oxygen atoms in total. The Hall–Kier alpha value is -2.10. The molecule has 0 aliphatic heterocycles. The summed E-state index contributed by atoms with van der Waals surface area (Å²) in [5.74, 6) is 0.960. The lowest BCUT2D eigenvalue weighted by Crippen LogP contribution is -2.20. The molecular weight excluding hydrogens is 376 g/mol. The summed E-state index contributed by atoms with van der Waals surface area (Å²) in [4.78, 5) is 43.0. The molecule has 170 valence electrons. The highest BCUT2D eigenvalue weighted by Gasteiger charge is 2.18. The minimum absolute atomic E-state index is 0.0381. The molecule has 0 saturated heterocycles. The predicted molar refractivity (Wildman–Crippen MR) is 125 cm³/mol. The van der Waals surface area contributed by atoms with Gasteiger partial charge in [0.1, 0.15) is 11.6 Å². The van der Waals surface area contributed by atoms with E-state index < -0.39 is 0 Å². The number of ketones is 4. The van der Waals surface area contributed by atoms with Crippen molar-refractivity contribution in [1.29, 1.82) is 0 Å². The Kier molecular flexibility index (Phi) is 16.7. The topological polar surface area (TPSA) is 68.3 Å². The molecule has 0 fully saturated rings. The Balaban J connectivity index is 0. The maximum Gasteiger partial charge on any atom is 0.200 e. The van der Waals surface area contributed by atoms with Gasteiger partial charge in [-0.25, -0.2) is 0 Å². The van der Waals surface area contributed by atoms with Crippen LogP contribution in [0, 0.1) is 17.8 Å². The molecule has 0 N–H and O–H groups in total. The maximum absolute atomic E-state index is 11.1. The van der Waals surface area contributed by atoms with Crippen molar-refractivity contribution in [2.75, 3.05) is 0 Å². The van der Waals surface area contributed by atoms with Gasteiger partial charge in [-0.05, 0) is 37.7 Å². The molecule has 1 aromatic carbocycles. The molecule has 30 heavy (non-hydrogen) atoms. The largest absolute Gasteiger partial charge is 0.300 e. The Morgan fingerprint density at radius 1 is 0.833 bits per heavy atom. The smallest absolute Gasteiger partial charge is 0.200 e. The highest BCUT2D eigenvalue weighted by Crippen LogP contribution is 2.16. The van der Waals surface area contributed by atoms with E-state index in [0.717, 1.165) is 24.8 Å². The second kappa shape index (κ2) is 16.7. The van der Waals surface area contributed by atoms with E-state index in [4.69, 9.17) is 0 Å². The zero-order valence-corrected chi connectivity index (χ0v) is 20.5. The molecule has 4 heteroatoms. The van der Waals surface area contributed by atoms with Gasteiger partial charge < -0.3 is 4.79 Å². The van der Waals surface area contributed by atoms with Gasteiger partial charge in [0.15, 0.2) is 5.78 Å². The quantitative estimate of drug-likeness (QED) is 0.447. The van der Waals surface area contributed by atoms with Crippen LogP contribution in [0.5, 0.6) is 0 Å². The van der Waals surface area contributed by atoms with Gasteiger partial charge in [0, 0.05) is 25.2 Å². The second-order valence-electron chi connectivity index (χ2n) is 8.61. The van der Waals surface area contributed by atoms with E-state index in [-0.39, 0.29) is 35.0 Å². The lowest BCUT2D eigenvalue weighted by molar-refractivity contribution is -0.137. The standard InChI is InChI=1S/C10H18O2.C10H12O.C6H12O/c1-5-7(2)6-8(3)10(12)9(4)11;1-8(9(2)11)10-6-4-3-5-7-10;1-5(2)4-6(3)7/h7-8H,5-6H2,1-4H3;3-8H,1-2H3;5H,4H2,1-3H3. The van der Waals surface area contributed by atoms with Crippen molar-refractivity contribution in [2.45, 2.75) is 87.5 Å². The van der Waals surface area contributed by atoms with Gasteiger partial charge in [0.25, 0.3) is 0 Å². The molecule has 0 amide bonds. The molecule has 0 heterocycles. The van der Waals surface area contributed by atoms with Gasteiger partial charge in [-0.15, -0.1) is 0 Å². The Morgan fingerprint density at radius 2 is 1.33 bits per heavy atom. The summed E-state index contributed by atoms with van der Waals surface area (Å²) in [5.41, 5.74) is 1.10. The van der Waals surface area contributed by atoms with Crippen LogP contribution in [0.1, 0.15) is 93.1 Å². The zero-order chi connectivity index (χ0) is 23.9. The highest BCUT2D eigenvalue weighted by molar-refractivity contribution is 6.36. The summed E-state index contributed by atoms with van der Waals surface area (Å²) in [6.07, 6.45) is 2.62. The van der Waals surface area contributed by atoms with Gasteiger partial charge in [-0.3, -0.25) is 14.4 Å². The average molecular weight is 419 g/mol. The predicted octanol–water partition coefficient (Wildman–Crippen LogP) is 6.22. The van der Waals surface area contributed by atoms with Crippen molar-refractivity contribution in [3.63, 3.8) is 0 Å². The molecule has 3 unspecified atom stereocenters. The Labute approximate surface area is 183 Å². The summed E-state index contributed by atoms with van der Waals surface area (Å²) in [6, 6.07) is 9.82. The van der Waals surface area contributed by atoms with Crippen LogP contribution < -0.4 is 0 Å². The van der Waals surface area contributed by atoms with Crippen molar-refractivity contribution < 1.29 is 19.2 Å². The van der Waals surface area contributed by atoms with Crippen molar-refractivity contribution in [2.24, 2.45) is 17.8 Å². The van der Waals surface area contributed by atoms with Crippen LogP contribution in [0.25, 0.3) is 0 Å². The number of hydrogen-bond acceptors (Lipinski definition) is 4. The molecular formula is C26H42O4. The molecule has 1 rings (SSSR count). The fourth-order valence-electron chi connectivity index (χ4n) is 2.78. The highest BCUT2D eigenvalue weighted by atomic mass is 16.2. The number of hydrogen-bond donors (Lipinski definition) is 0. The summed E-state index contributed by atoms with van der Waals surface area (Å²) in [7, 11) is 0. The van der Waals surface area contributed by atoms with Crippen LogP contribution in [-0.2, 0) is 19.2 Å². The fourth-order valence-corrected chi connectivity index (χ4v) is 2.78. The van der Waals surface area contributed by atoms with Crippen LogP contribution in [0.2, 0.25) is 0 Å². The van der Waals surface area contributed by atoms with Crippen molar-refractivity contribution in [3.05, 3.63) is 35.9 Å². The van der Waals surface area contributed by atoms with Crippen molar-refractivity contribution in [3.8, 4) is 0 Å². The molecule has 0 aliphatic rings. The summed E-state index contributed by atoms with van der Waals surface area (Å²) >= 11 is 0. The first-order valence-corrected chi connectivity index (χ1v) is 10.9. The number of rotatable bonds is 9. The van der Waals surface area contributed by atoms with E-state index in [0.29, 0.717) is 11.8 Å². The molecule has 0 spiro atoms. The first-order chi connectivity index (χ1) is 13.8. The third kappa shape index (κ3) is 15.8. The third-order valence-electron chi connectivity index (χ3n) is 4.85. The molecule has 3 atom stereocenters. The van der Waals surface area contributed by atoms with Gasteiger partial charge in [-0.2, -0.15) is 0 Å². The molecule has 0 saturated carbocycles. The second-order valence-corrected chi connectivity index (χ2v) is 8.61. The fraction of sp³-hybridized carbons (Fsp3) is 0.615. The third-order valence-corrected chi connectivity index (χ3v) is 4.85. The molecule has 0 aliphatic carbocycles. The Bertz CT molecular complexity index is 646. The van der Waals surface area contributed by atoms with Crippen LogP contribution in [0.4, 0.5) is 0 Å². The van der Waals surface area contributed by atoms with E-state index in [1.165, 1.54) is 6.92 Å². The van der Waals surface area contributed by atoms with Crippen LogP contribution in [0.3, 0.4) is 0 Å². The molecule has 0 radical (unpaired) electrons. The summed E-state index contributed by atoms with van der Waals surface area (Å²) < 4.78 is 0. The lowest BCUT2D eigenvalue weighted by atomic mass is 9.91. The normalized spacial score (nSPS) is 13.0. The maximum atomic E-state index is 11.1. The monoisotopic (exact) mass is 418 g/mol. The number of Topliss-reactive ketones (excluding diaryl/α,β-unsaturated/α-hetero) is 4. The van der Waals surface area contributed by atoms with Crippen LogP contribution in [0.15, 0.2) is 30.3 Å². The summed E-state index contributed by atoms with van der Waals surface area (Å²) in [5, 5.41) is 0. The van der Waals surface area contributed by atoms with Crippen LogP contribution in [-0.4, -0.2) is 23.1 Å². The number of carbonyl (C=O) groups is 4. The van der Waals surface area contributed by atoms with Gasteiger partial charge in [0.2, 0.25) is 5.78 Å². The minimum atomic E-state index is -0.314. The molecule has 0 aromatic heterocycles. The van der Waals surface area contributed by atoms with E-state index in [2.05, 4.69) is 13.8 Å². The van der Waals surface area contributed by atoms with Gasteiger partial charge in [0.05, 0.1) is 0 Å². The average Bonchev–Trinajstić information content (AvgIpc) is 2.66. The van der Waals surface area contributed by atoms with E-state index >= 15 is 0 Å². The SMILES string of the molecule is CC(=O)C(C)c1ccccc1.CC(=O)CC(C)C.CCC(C)CC(C)C(=O)C(C)=O.